The van der Waals surface area contributed by atoms with E-state index in [0.717, 1.165) is 6.54 Å². The van der Waals surface area contributed by atoms with Crippen molar-refractivity contribution in [1.82, 2.24) is 9.97 Å². The summed E-state index contributed by atoms with van der Waals surface area (Å²) in [5, 5.41) is 3.26. The lowest BCUT2D eigenvalue weighted by Gasteiger charge is -2.14. The Hall–Kier alpha value is -1.65. The van der Waals surface area contributed by atoms with E-state index in [1.165, 1.54) is 25.5 Å². The van der Waals surface area contributed by atoms with Crippen LogP contribution < -0.4 is 5.32 Å². The summed E-state index contributed by atoms with van der Waals surface area (Å²) in [6.45, 7) is 7.05. The standard InChI is InChI=1S/C14H21N3O2/c1-4-14(6-7-14)9-16-13-15-8-11(10(3)17-13)12(18)19-5-2/h8H,4-7,9H2,1-3H3,(H,15,16,17). The van der Waals surface area contributed by atoms with Crippen molar-refractivity contribution in [3.63, 3.8) is 0 Å². The molecule has 2 rings (SSSR count). The third kappa shape index (κ3) is 3.22. The van der Waals surface area contributed by atoms with Gasteiger partial charge in [0.05, 0.1) is 17.9 Å². The first-order valence-corrected chi connectivity index (χ1v) is 6.85. The van der Waals surface area contributed by atoms with Crippen LogP contribution in [0, 0.1) is 12.3 Å². The molecule has 104 valence electrons. The van der Waals surface area contributed by atoms with Gasteiger partial charge in [0.15, 0.2) is 0 Å². The lowest BCUT2D eigenvalue weighted by Crippen LogP contribution is -2.17. The summed E-state index contributed by atoms with van der Waals surface area (Å²) in [6.07, 6.45) is 5.26. The molecule has 0 aliphatic heterocycles. The van der Waals surface area contributed by atoms with E-state index in [-0.39, 0.29) is 5.97 Å². The second-order valence-electron chi connectivity index (χ2n) is 5.12. The fourth-order valence-corrected chi connectivity index (χ4v) is 2.06. The number of hydrogen-bond donors (Lipinski definition) is 1. The number of esters is 1. The molecule has 1 fully saturated rings. The summed E-state index contributed by atoms with van der Waals surface area (Å²) in [6, 6.07) is 0. The van der Waals surface area contributed by atoms with E-state index in [1.54, 1.807) is 13.8 Å². The molecule has 0 aromatic carbocycles. The van der Waals surface area contributed by atoms with Crippen molar-refractivity contribution in [2.24, 2.45) is 5.41 Å². The van der Waals surface area contributed by atoms with E-state index < -0.39 is 0 Å². The molecule has 0 spiro atoms. The van der Waals surface area contributed by atoms with E-state index in [0.29, 0.717) is 29.2 Å². The Balaban J connectivity index is 2.00. The van der Waals surface area contributed by atoms with Gasteiger partial charge in [-0.05, 0) is 38.5 Å². The first-order chi connectivity index (χ1) is 9.10. The zero-order chi connectivity index (χ0) is 13.9. The molecule has 1 aromatic rings. The quantitative estimate of drug-likeness (QED) is 0.799. The Labute approximate surface area is 113 Å². The van der Waals surface area contributed by atoms with E-state index in [9.17, 15) is 4.79 Å². The van der Waals surface area contributed by atoms with Crippen molar-refractivity contribution in [2.45, 2.75) is 40.0 Å². The molecule has 1 N–H and O–H groups in total. The van der Waals surface area contributed by atoms with Gasteiger partial charge in [-0.25, -0.2) is 14.8 Å². The monoisotopic (exact) mass is 263 g/mol. The van der Waals surface area contributed by atoms with Crippen LogP contribution in [0.15, 0.2) is 6.20 Å². The van der Waals surface area contributed by atoms with Crippen LogP contribution in [0.4, 0.5) is 5.95 Å². The van der Waals surface area contributed by atoms with E-state index in [2.05, 4.69) is 22.2 Å². The van der Waals surface area contributed by atoms with Crippen LogP contribution in [0.2, 0.25) is 0 Å². The van der Waals surface area contributed by atoms with Gasteiger partial charge in [-0.3, -0.25) is 0 Å². The Kier molecular flexibility index (Phi) is 4.02. The molecule has 0 bridgehead atoms. The van der Waals surface area contributed by atoms with Crippen LogP contribution in [0.1, 0.15) is 49.2 Å². The van der Waals surface area contributed by atoms with Crippen LogP contribution in [0.3, 0.4) is 0 Å². The molecule has 5 heteroatoms. The maximum absolute atomic E-state index is 11.6. The molecule has 0 saturated heterocycles. The highest BCUT2D eigenvalue weighted by molar-refractivity contribution is 5.90. The highest BCUT2D eigenvalue weighted by Gasteiger charge is 2.40. The predicted molar refractivity (Wildman–Crippen MR) is 73.2 cm³/mol. The van der Waals surface area contributed by atoms with Gasteiger partial charge in [-0.15, -0.1) is 0 Å². The van der Waals surface area contributed by atoms with Crippen molar-refractivity contribution in [2.75, 3.05) is 18.5 Å². The lowest BCUT2D eigenvalue weighted by molar-refractivity contribution is 0.0524. The zero-order valence-corrected chi connectivity index (χ0v) is 11.8. The molecule has 0 atom stereocenters. The molecule has 1 aromatic heterocycles. The van der Waals surface area contributed by atoms with E-state index >= 15 is 0 Å². The number of carbonyl (C=O) groups excluding carboxylic acids is 1. The Morgan fingerprint density at radius 2 is 2.21 bits per heavy atom. The topological polar surface area (TPSA) is 64.1 Å². The fraction of sp³-hybridized carbons (Fsp3) is 0.643. The van der Waals surface area contributed by atoms with Crippen LogP contribution >= 0.6 is 0 Å². The van der Waals surface area contributed by atoms with Crippen LogP contribution in [-0.2, 0) is 4.74 Å². The first-order valence-electron chi connectivity index (χ1n) is 6.85. The average Bonchev–Trinajstić information content (AvgIpc) is 3.17. The Morgan fingerprint density at radius 3 is 2.74 bits per heavy atom. The van der Waals surface area contributed by atoms with Crippen molar-refractivity contribution in [3.05, 3.63) is 17.5 Å². The summed E-state index contributed by atoms with van der Waals surface area (Å²) in [7, 11) is 0. The molecule has 1 heterocycles. The van der Waals surface area contributed by atoms with Crippen LogP contribution in [0.25, 0.3) is 0 Å². The number of nitrogens with zero attached hydrogens (tertiary/aromatic N) is 2. The van der Waals surface area contributed by atoms with Crippen molar-refractivity contribution in [1.29, 1.82) is 0 Å². The molecular formula is C14H21N3O2. The number of carbonyl (C=O) groups is 1. The first kappa shape index (κ1) is 13.8. The molecule has 0 radical (unpaired) electrons. The third-order valence-corrected chi connectivity index (χ3v) is 3.80. The van der Waals surface area contributed by atoms with Gasteiger partial charge in [-0.1, -0.05) is 6.92 Å². The Bertz CT molecular complexity index is 470. The molecule has 1 aliphatic rings. The number of ether oxygens (including phenoxy) is 1. The van der Waals surface area contributed by atoms with Crippen molar-refractivity contribution >= 4 is 11.9 Å². The number of nitrogens with one attached hydrogen (secondary N) is 1. The smallest absolute Gasteiger partial charge is 0.341 e. The summed E-state index contributed by atoms with van der Waals surface area (Å²) >= 11 is 0. The molecule has 0 amide bonds. The van der Waals surface area contributed by atoms with Gasteiger partial charge in [-0.2, -0.15) is 0 Å². The number of rotatable bonds is 6. The molecule has 1 aliphatic carbocycles. The highest BCUT2D eigenvalue weighted by atomic mass is 16.5. The Morgan fingerprint density at radius 1 is 1.47 bits per heavy atom. The second kappa shape index (κ2) is 5.55. The summed E-state index contributed by atoms with van der Waals surface area (Å²) in [4.78, 5) is 20.1. The molecule has 19 heavy (non-hydrogen) atoms. The van der Waals surface area contributed by atoms with Gasteiger partial charge in [0.25, 0.3) is 0 Å². The maximum Gasteiger partial charge on any atom is 0.341 e. The molecule has 0 unspecified atom stereocenters. The van der Waals surface area contributed by atoms with Gasteiger partial charge in [0.1, 0.15) is 0 Å². The maximum atomic E-state index is 11.6. The van der Waals surface area contributed by atoms with Crippen molar-refractivity contribution < 1.29 is 9.53 Å². The summed E-state index contributed by atoms with van der Waals surface area (Å²) < 4.78 is 4.95. The summed E-state index contributed by atoms with van der Waals surface area (Å²) in [5.74, 6) is 0.226. The largest absolute Gasteiger partial charge is 0.462 e. The van der Waals surface area contributed by atoms with Gasteiger partial charge in [0, 0.05) is 12.7 Å². The van der Waals surface area contributed by atoms with E-state index in [4.69, 9.17) is 4.74 Å². The number of hydrogen-bond acceptors (Lipinski definition) is 5. The normalized spacial score (nSPS) is 15.9. The average molecular weight is 263 g/mol. The van der Waals surface area contributed by atoms with Gasteiger partial charge in [0.2, 0.25) is 5.95 Å². The fourth-order valence-electron chi connectivity index (χ4n) is 2.06. The minimum atomic E-state index is -0.362. The van der Waals surface area contributed by atoms with Crippen LogP contribution in [0.5, 0.6) is 0 Å². The minimum Gasteiger partial charge on any atom is -0.462 e. The van der Waals surface area contributed by atoms with Crippen molar-refractivity contribution in [3.8, 4) is 0 Å². The number of aryl methyl sites for hydroxylation is 1. The molecule has 5 nitrogen and oxygen atoms in total. The highest BCUT2D eigenvalue weighted by Crippen LogP contribution is 2.48. The molecule has 1 saturated carbocycles. The minimum absolute atomic E-state index is 0.358. The molecular weight excluding hydrogens is 242 g/mol. The van der Waals surface area contributed by atoms with Gasteiger partial charge >= 0.3 is 5.97 Å². The lowest BCUT2D eigenvalue weighted by atomic mass is 10.0. The number of aromatic nitrogens is 2. The van der Waals surface area contributed by atoms with E-state index in [1.807, 2.05) is 0 Å². The SMILES string of the molecule is CCOC(=O)c1cnc(NCC2(CC)CC2)nc1C. The van der Waals surface area contributed by atoms with Gasteiger partial charge < -0.3 is 10.1 Å². The zero-order valence-electron chi connectivity index (χ0n) is 11.8. The van der Waals surface area contributed by atoms with Crippen LogP contribution in [-0.4, -0.2) is 29.1 Å². The predicted octanol–water partition coefficient (Wildman–Crippen LogP) is 2.56. The second-order valence-corrected chi connectivity index (χ2v) is 5.12. The summed E-state index contributed by atoms with van der Waals surface area (Å²) in [5.41, 5.74) is 1.53. The number of anilines is 1. The third-order valence-electron chi connectivity index (χ3n) is 3.80.